The van der Waals surface area contributed by atoms with Crippen LogP contribution in [0.5, 0.6) is 5.75 Å². The van der Waals surface area contributed by atoms with Gasteiger partial charge in [-0.25, -0.2) is 4.98 Å². The molecule has 0 bridgehead atoms. The number of ether oxygens (including phenoxy) is 2. The van der Waals surface area contributed by atoms with Crippen LogP contribution in [0.3, 0.4) is 0 Å². The molecule has 0 N–H and O–H groups in total. The molecule has 8 heteroatoms. The SMILES string of the molecule is COc1cccc2sc(N(CC3CCCO3)C(=O)c3cc(Cl)ccc3Cl)nc12. The molecule has 5 nitrogen and oxygen atoms in total. The van der Waals surface area contributed by atoms with Gasteiger partial charge in [-0.1, -0.05) is 40.6 Å². The van der Waals surface area contributed by atoms with Gasteiger partial charge in [0.15, 0.2) is 5.13 Å². The number of amides is 1. The molecule has 1 fully saturated rings. The zero-order valence-electron chi connectivity index (χ0n) is 15.2. The van der Waals surface area contributed by atoms with Gasteiger partial charge in [-0.15, -0.1) is 0 Å². The lowest BCUT2D eigenvalue weighted by molar-refractivity contribution is 0.0917. The average molecular weight is 437 g/mol. The van der Waals surface area contributed by atoms with Crippen LogP contribution in [-0.2, 0) is 4.74 Å². The van der Waals surface area contributed by atoms with Gasteiger partial charge in [-0.2, -0.15) is 0 Å². The number of para-hydroxylation sites is 1. The number of fused-ring (bicyclic) bond motifs is 1. The van der Waals surface area contributed by atoms with E-state index in [4.69, 9.17) is 37.7 Å². The lowest BCUT2D eigenvalue weighted by atomic mass is 10.1. The summed E-state index contributed by atoms with van der Waals surface area (Å²) in [6.45, 7) is 1.11. The van der Waals surface area contributed by atoms with Crippen molar-refractivity contribution in [3.63, 3.8) is 0 Å². The van der Waals surface area contributed by atoms with Crippen molar-refractivity contribution >= 4 is 55.8 Å². The first-order chi connectivity index (χ1) is 13.6. The Morgan fingerprint density at radius 1 is 1.36 bits per heavy atom. The first kappa shape index (κ1) is 19.5. The van der Waals surface area contributed by atoms with E-state index >= 15 is 0 Å². The van der Waals surface area contributed by atoms with E-state index in [0.717, 1.165) is 23.1 Å². The molecule has 4 rings (SSSR count). The van der Waals surface area contributed by atoms with Gasteiger partial charge in [0.25, 0.3) is 5.91 Å². The second-order valence-corrected chi connectivity index (χ2v) is 8.33. The van der Waals surface area contributed by atoms with Gasteiger partial charge in [0, 0.05) is 11.6 Å². The molecular formula is C20H18Cl2N2O3S. The van der Waals surface area contributed by atoms with Crippen LogP contribution in [-0.4, -0.2) is 37.3 Å². The highest BCUT2D eigenvalue weighted by atomic mass is 35.5. The molecule has 1 saturated heterocycles. The average Bonchev–Trinajstić information content (AvgIpc) is 3.36. The monoisotopic (exact) mass is 436 g/mol. The Morgan fingerprint density at radius 3 is 2.96 bits per heavy atom. The normalized spacial score (nSPS) is 16.5. The number of methoxy groups -OCH3 is 1. The third-order valence-electron chi connectivity index (χ3n) is 4.64. The summed E-state index contributed by atoms with van der Waals surface area (Å²) in [5.74, 6) is 0.423. The predicted molar refractivity (Wildman–Crippen MR) is 113 cm³/mol. The molecule has 2 heterocycles. The lowest BCUT2D eigenvalue weighted by Gasteiger charge is -2.23. The molecule has 1 aliphatic heterocycles. The smallest absolute Gasteiger partial charge is 0.261 e. The molecule has 3 aromatic rings. The number of hydrogen-bond donors (Lipinski definition) is 0. The predicted octanol–water partition coefficient (Wildman–Crippen LogP) is 5.44. The maximum Gasteiger partial charge on any atom is 0.261 e. The molecule has 0 spiro atoms. The number of anilines is 1. The van der Waals surface area contributed by atoms with E-state index in [1.54, 1.807) is 30.2 Å². The summed E-state index contributed by atoms with van der Waals surface area (Å²) in [7, 11) is 1.61. The van der Waals surface area contributed by atoms with Gasteiger partial charge < -0.3 is 9.47 Å². The summed E-state index contributed by atoms with van der Waals surface area (Å²) in [4.78, 5) is 19.7. The van der Waals surface area contributed by atoms with E-state index in [1.807, 2.05) is 18.2 Å². The van der Waals surface area contributed by atoms with E-state index in [-0.39, 0.29) is 12.0 Å². The van der Waals surface area contributed by atoms with Crippen molar-refractivity contribution in [3.8, 4) is 5.75 Å². The number of carbonyl (C=O) groups is 1. The third kappa shape index (κ3) is 3.82. The number of halogens is 2. The van der Waals surface area contributed by atoms with Crippen molar-refractivity contribution in [1.29, 1.82) is 0 Å². The highest BCUT2D eigenvalue weighted by Crippen LogP contribution is 2.36. The topological polar surface area (TPSA) is 51.7 Å². The second-order valence-electron chi connectivity index (χ2n) is 6.48. The van der Waals surface area contributed by atoms with Gasteiger partial charge in [0.2, 0.25) is 0 Å². The highest BCUT2D eigenvalue weighted by Gasteiger charge is 2.28. The molecule has 1 unspecified atom stereocenters. The van der Waals surface area contributed by atoms with Crippen LogP contribution in [0.25, 0.3) is 10.2 Å². The Hall–Kier alpha value is -1.86. The van der Waals surface area contributed by atoms with E-state index in [1.165, 1.54) is 11.3 Å². The summed E-state index contributed by atoms with van der Waals surface area (Å²) < 4.78 is 12.1. The zero-order valence-corrected chi connectivity index (χ0v) is 17.5. The van der Waals surface area contributed by atoms with Crippen LogP contribution in [0.1, 0.15) is 23.2 Å². The van der Waals surface area contributed by atoms with Gasteiger partial charge in [0.1, 0.15) is 11.3 Å². The van der Waals surface area contributed by atoms with E-state index in [2.05, 4.69) is 0 Å². The maximum atomic E-state index is 13.4. The molecule has 1 aromatic heterocycles. The number of hydrogen-bond acceptors (Lipinski definition) is 5. The summed E-state index contributed by atoms with van der Waals surface area (Å²) in [6.07, 6.45) is 1.86. The minimum absolute atomic E-state index is 0.0317. The third-order valence-corrected chi connectivity index (χ3v) is 6.24. The fourth-order valence-electron chi connectivity index (χ4n) is 3.24. The minimum atomic E-state index is -0.249. The maximum absolute atomic E-state index is 13.4. The van der Waals surface area contributed by atoms with Gasteiger partial charge in [-0.05, 0) is 43.2 Å². The number of nitrogens with zero attached hydrogens (tertiary/aromatic N) is 2. The fraction of sp³-hybridized carbons (Fsp3) is 0.300. The van der Waals surface area contributed by atoms with Crippen molar-refractivity contribution in [3.05, 3.63) is 52.0 Å². The molecular weight excluding hydrogens is 419 g/mol. The molecule has 0 radical (unpaired) electrons. The van der Waals surface area contributed by atoms with Crippen molar-refractivity contribution in [2.24, 2.45) is 0 Å². The second kappa shape index (κ2) is 8.25. The quantitative estimate of drug-likeness (QED) is 0.534. The zero-order chi connectivity index (χ0) is 19.7. The Balaban J connectivity index is 1.77. The van der Waals surface area contributed by atoms with Crippen LogP contribution >= 0.6 is 34.5 Å². The van der Waals surface area contributed by atoms with Crippen LogP contribution in [0, 0.1) is 0 Å². The summed E-state index contributed by atoms with van der Waals surface area (Å²) in [6, 6.07) is 10.6. The van der Waals surface area contributed by atoms with Gasteiger partial charge in [-0.3, -0.25) is 9.69 Å². The molecule has 1 atom stereocenters. The van der Waals surface area contributed by atoms with Gasteiger partial charge >= 0.3 is 0 Å². The Labute approximate surface area is 176 Å². The summed E-state index contributed by atoms with van der Waals surface area (Å²) in [5.41, 5.74) is 1.07. The fourth-order valence-corrected chi connectivity index (χ4v) is 4.60. The van der Waals surface area contributed by atoms with E-state index < -0.39 is 0 Å². The van der Waals surface area contributed by atoms with Crippen LogP contribution in [0.2, 0.25) is 10.0 Å². The largest absolute Gasteiger partial charge is 0.494 e. The highest BCUT2D eigenvalue weighted by molar-refractivity contribution is 7.22. The van der Waals surface area contributed by atoms with Gasteiger partial charge in [0.05, 0.1) is 35.0 Å². The van der Waals surface area contributed by atoms with Crippen LogP contribution in [0.15, 0.2) is 36.4 Å². The summed E-state index contributed by atoms with van der Waals surface area (Å²) in [5, 5.41) is 1.39. The minimum Gasteiger partial charge on any atom is -0.494 e. The lowest BCUT2D eigenvalue weighted by Crippen LogP contribution is -2.37. The molecule has 0 saturated carbocycles. The summed E-state index contributed by atoms with van der Waals surface area (Å²) >= 11 is 13.8. The first-order valence-corrected chi connectivity index (χ1v) is 10.5. The van der Waals surface area contributed by atoms with Crippen molar-refractivity contribution in [2.75, 3.05) is 25.2 Å². The number of carbonyl (C=O) groups excluding carboxylic acids is 1. The molecule has 1 aliphatic rings. The number of thiazole rings is 1. The number of aromatic nitrogens is 1. The van der Waals surface area contributed by atoms with Crippen molar-refractivity contribution < 1.29 is 14.3 Å². The van der Waals surface area contributed by atoms with Crippen molar-refractivity contribution in [1.82, 2.24) is 4.98 Å². The molecule has 2 aromatic carbocycles. The standard InChI is InChI=1S/C20H18Cl2N2O3S/c1-26-16-5-2-6-17-18(16)23-20(28-17)24(11-13-4-3-9-27-13)19(25)14-10-12(21)7-8-15(14)22/h2,5-8,10,13H,3-4,9,11H2,1H3. The molecule has 28 heavy (non-hydrogen) atoms. The van der Waals surface area contributed by atoms with E-state index in [0.29, 0.717) is 39.6 Å². The Morgan fingerprint density at radius 2 is 2.21 bits per heavy atom. The van der Waals surface area contributed by atoms with Crippen LogP contribution in [0.4, 0.5) is 5.13 Å². The van der Waals surface area contributed by atoms with Crippen molar-refractivity contribution in [2.45, 2.75) is 18.9 Å². The number of rotatable bonds is 5. The Bertz CT molecular complexity index is 1020. The first-order valence-electron chi connectivity index (χ1n) is 8.89. The Kier molecular flexibility index (Phi) is 5.73. The molecule has 1 amide bonds. The number of benzene rings is 2. The molecule has 0 aliphatic carbocycles. The van der Waals surface area contributed by atoms with E-state index in [9.17, 15) is 4.79 Å². The molecule has 146 valence electrons. The van der Waals surface area contributed by atoms with Crippen LogP contribution < -0.4 is 9.64 Å².